The maximum atomic E-state index is 14.2. The molecule has 1 aliphatic carbocycles. The molecule has 180 valence electrons. The average molecular weight is 478 g/mol. The number of aromatic nitrogens is 1. The number of ether oxygens (including phenoxy) is 2. The Morgan fingerprint density at radius 3 is 2.49 bits per heavy atom. The van der Waals surface area contributed by atoms with Gasteiger partial charge in [-0.15, -0.1) is 0 Å². The Balaban J connectivity index is 1.72. The Morgan fingerprint density at radius 2 is 1.89 bits per heavy atom. The zero-order valence-electron chi connectivity index (χ0n) is 19.5. The molecule has 0 saturated heterocycles. The van der Waals surface area contributed by atoms with Crippen LogP contribution in [-0.2, 0) is 11.3 Å². The summed E-state index contributed by atoms with van der Waals surface area (Å²) in [6.07, 6.45) is 4.67. The highest BCUT2D eigenvalue weighted by atomic mass is 19.1. The second kappa shape index (κ2) is 10.2. The molecule has 0 spiro atoms. The molecule has 2 aromatic carbocycles. The second-order valence-corrected chi connectivity index (χ2v) is 8.00. The van der Waals surface area contributed by atoms with Gasteiger partial charge >= 0.3 is 7.12 Å². The SMILES string of the molecule is COc1cc(C=C2C(C)=C(CC(=O)NCc3cocn3)c3cc(F)ccc32)cc(OC)c1B(O)O. The average Bonchev–Trinajstić information content (AvgIpc) is 3.44. The number of methoxy groups -OCH3 is 2. The number of nitrogens with zero attached hydrogens (tertiary/aromatic N) is 1. The summed E-state index contributed by atoms with van der Waals surface area (Å²) in [5.74, 6) is -0.137. The van der Waals surface area contributed by atoms with Crippen molar-refractivity contribution in [2.24, 2.45) is 0 Å². The Labute approximate surface area is 201 Å². The van der Waals surface area contributed by atoms with E-state index in [0.29, 0.717) is 22.4 Å². The number of hydrogen-bond donors (Lipinski definition) is 3. The number of fused-ring (bicyclic) bond motifs is 1. The van der Waals surface area contributed by atoms with Crippen molar-refractivity contribution in [3.05, 3.63) is 76.8 Å². The van der Waals surface area contributed by atoms with E-state index in [2.05, 4.69) is 10.3 Å². The molecule has 0 saturated carbocycles. The van der Waals surface area contributed by atoms with Gasteiger partial charge in [0.05, 0.1) is 38.3 Å². The Kier molecular flexibility index (Phi) is 7.04. The van der Waals surface area contributed by atoms with Gasteiger partial charge in [-0.25, -0.2) is 9.37 Å². The molecule has 1 amide bonds. The number of halogens is 1. The number of amides is 1. The topological polar surface area (TPSA) is 114 Å². The Bertz CT molecular complexity index is 1290. The minimum absolute atomic E-state index is 0.0553. The van der Waals surface area contributed by atoms with Crippen molar-refractivity contribution in [1.29, 1.82) is 0 Å². The summed E-state index contributed by atoms with van der Waals surface area (Å²) >= 11 is 0. The summed E-state index contributed by atoms with van der Waals surface area (Å²) in [6, 6.07) is 7.79. The number of carbonyl (C=O) groups excluding carboxylic acids is 1. The molecule has 0 radical (unpaired) electrons. The van der Waals surface area contributed by atoms with Crippen molar-refractivity contribution in [2.45, 2.75) is 19.9 Å². The maximum absolute atomic E-state index is 14.2. The van der Waals surface area contributed by atoms with Crippen LogP contribution in [0, 0.1) is 5.82 Å². The standard InChI is InChI=1S/C25H24BFN2O6/c1-14-19(6-15-7-22(33-2)25(26(31)32)23(8-15)34-3)18-5-4-16(27)9-21(18)20(14)10-24(30)28-11-17-12-35-13-29-17/h4-9,12-13,31-32H,10-11H2,1-3H3,(H,28,30). The number of allylic oxidation sites excluding steroid dienone is 2. The molecule has 10 heteroatoms. The molecule has 8 nitrogen and oxygen atoms in total. The van der Waals surface area contributed by atoms with Crippen LogP contribution in [0.3, 0.4) is 0 Å². The normalized spacial score (nSPS) is 13.7. The molecule has 0 atom stereocenters. The van der Waals surface area contributed by atoms with Gasteiger partial charge in [0.15, 0.2) is 6.39 Å². The Hall–Kier alpha value is -3.89. The van der Waals surface area contributed by atoms with Crippen LogP contribution >= 0.6 is 0 Å². The number of carbonyl (C=O) groups is 1. The number of nitrogens with one attached hydrogen (secondary N) is 1. The molecule has 1 aromatic heterocycles. The van der Waals surface area contributed by atoms with Gasteiger partial charge < -0.3 is 29.3 Å². The molecular formula is C25H24BFN2O6. The van der Waals surface area contributed by atoms with Gasteiger partial charge in [0.25, 0.3) is 0 Å². The van der Waals surface area contributed by atoms with Crippen molar-refractivity contribution in [2.75, 3.05) is 14.2 Å². The van der Waals surface area contributed by atoms with Gasteiger partial charge in [0, 0.05) is 0 Å². The van der Waals surface area contributed by atoms with E-state index in [1.807, 2.05) is 13.0 Å². The predicted octanol–water partition coefficient (Wildman–Crippen LogP) is 2.54. The van der Waals surface area contributed by atoms with Crippen LogP contribution in [-0.4, -0.2) is 42.3 Å². The lowest BCUT2D eigenvalue weighted by Crippen LogP contribution is -2.32. The van der Waals surface area contributed by atoms with E-state index in [0.717, 1.165) is 16.7 Å². The lowest BCUT2D eigenvalue weighted by molar-refractivity contribution is -0.120. The summed E-state index contributed by atoms with van der Waals surface area (Å²) in [7, 11) is 1.07. The first-order valence-electron chi connectivity index (χ1n) is 10.8. The molecule has 0 bridgehead atoms. The first-order chi connectivity index (χ1) is 16.8. The summed E-state index contributed by atoms with van der Waals surface area (Å²) in [4.78, 5) is 16.7. The highest BCUT2D eigenvalue weighted by Gasteiger charge is 2.27. The van der Waals surface area contributed by atoms with Gasteiger partial charge in [-0.3, -0.25) is 4.79 Å². The Morgan fingerprint density at radius 1 is 1.17 bits per heavy atom. The quantitative estimate of drug-likeness (QED) is 0.427. The van der Waals surface area contributed by atoms with Gasteiger partial charge in [0.1, 0.15) is 23.6 Å². The zero-order chi connectivity index (χ0) is 25.1. The van der Waals surface area contributed by atoms with Crippen LogP contribution in [0.5, 0.6) is 11.5 Å². The minimum Gasteiger partial charge on any atom is -0.497 e. The van der Waals surface area contributed by atoms with E-state index in [1.54, 1.807) is 18.2 Å². The van der Waals surface area contributed by atoms with Crippen LogP contribution in [0.4, 0.5) is 4.39 Å². The number of oxazole rings is 1. The van der Waals surface area contributed by atoms with Gasteiger partial charge in [-0.05, 0) is 70.7 Å². The third-order valence-electron chi connectivity index (χ3n) is 5.88. The summed E-state index contributed by atoms with van der Waals surface area (Å²) < 4.78 is 29.8. The molecule has 4 rings (SSSR count). The lowest BCUT2D eigenvalue weighted by Gasteiger charge is -2.14. The van der Waals surface area contributed by atoms with Crippen LogP contribution in [0.2, 0.25) is 0 Å². The van der Waals surface area contributed by atoms with Crippen LogP contribution in [0.1, 0.15) is 35.7 Å². The largest absolute Gasteiger partial charge is 0.497 e. The summed E-state index contributed by atoms with van der Waals surface area (Å²) in [5.41, 5.74) is 5.16. The zero-order valence-corrected chi connectivity index (χ0v) is 19.5. The van der Waals surface area contributed by atoms with Crippen molar-refractivity contribution in [3.63, 3.8) is 0 Å². The number of rotatable bonds is 8. The van der Waals surface area contributed by atoms with E-state index in [1.165, 1.54) is 39.0 Å². The van der Waals surface area contributed by atoms with Crippen LogP contribution in [0.15, 0.2) is 53.0 Å². The van der Waals surface area contributed by atoms with Crippen molar-refractivity contribution < 1.29 is 33.1 Å². The molecule has 0 unspecified atom stereocenters. The molecule has 3 N–H and O–H groups in total. The second-order valence-electron chi connectivity index (χ2n) is 8.00. The van der Waals surface area contributed by atoms with Gasteiger partial charge in [-0.2, -0.15) is 0 Å². The highest BCUT2D eigenvalue weighted by Crippen LogP contribution is 2.44. The maximum Gasteiger partial charge on any atom is 0.496 e. The predicted molar refractivity (Wildman–Crippen MR) is 129 cm³/mol. The first kappa shape index (κ1) is 24.2. The first-order valence-corrected chi connectivity index (χ1v) is 10.8. The molecule has 1 heterocycles. The van der Waals surface area contributed by atoms with E-state index >= 15 is 0 Å². The molecule has 0 fully saturated rings. The van der Waals surface area contributed by atoms with Gasteiger partial charge in [0.2, 0.25) is 5.91 Å². The fourth-order valence-electron chi connectivity index (χ4n) is 4.18. The fourth-order valence-corrected chi connectivity index (χ4v) is 4.18. The lowest BCUT2D eigenvalue weighted by atomic mass is 9.78. The monoisotopic (exact) mass is 478 g/mol. The minimum atomic E-state index is -1.78. The molecular weight excluding hydrogens is 454 g/mol. The fraction of sp³-hybridized carbons (Fsp3) is 0.200. The van der Waals surface area contributed by atoms with Crippen LogP contribution in [0.25, 0.3) is 17.2 Å². The third kappa shape index (κ3) is 4.98. The van der Waals surface area contributed by atoms with E-state index in [4.69, 9.17) is 13.9 Å². The summed E-state index contributed by atoms with van der Waals surface area (Å²) in [5, 5.41) is 22.3. The molecule has 35 heavy (non-hydrogen) atoms. The van der Waals surface area contributed by atoms with Crippen molar-refractivity contribution >= 4 is 35.7 Å². The molecule has 0 aliphatic heterocycles. The van der Waals surface area contributed by atoms with Gasteiger partial charge in [-0.1, -0.05) is 6.07 Å². The summed E-state index contributed by atoms with van der Waals surface area (Å²) in [6.45, 7) is 2.10. The van der Waals surface area contributed by atoms with Crippen LogP contribution < -0.4 is 20.3 Å². The van der Waals surface area contributed by atoms with E-state index < -0.39 is 12.9 Å². The van der Waals surface area contributed by atoms with Crippen molar-refractivity contribution in [3.8, 4) is 11.5 Å². The van der Waals surface area contributed by atoms with E-state index in [-0.39, 0.29) is 35.8 Å². The van der Waals surface area contributed by atoms with Crippen molar-refractivity contribution in [1.82, 2.24) is 10.3 Å². The smallest absolute Gasteiger partial charge is 0.496 e. The highest BCUT2D eigenvalue weighted by molar-refractivity contribution is 6.61. The third-order valence-corrected chi connectivity index (χ3v) is 5.88. The number of benzene rings is 2. The number of hydrogen-bond acceptors (Lipinski definition) is 7. The molecule has 3 aromatic rings. The van der Waals surface area contributed by atoms with E-state index in [9.17, 15) is 19.2 Å². The molecule has 1 aliphatic rings.